The fourth-order valence-corrected chi connectivity index (χ4v) is 2.89. The standard InChI is InChI=1S/C15H18N2O3S/c1-9(2)16-6-11-7-21-15(17-11)10-4-12(18-3)14-13(5-10)19-8-20-14/h4-5,7,9,16H,6,8H2,1-3H3. The zero-order valence-corrected chi connectivity index (χ0v) is 13.1. The van der Waals surface area contributed by atoms with Gasteiger partial charge in [-0.3, -0.25) is 0 Å². The number of nitrogens with zero attached hydrogens (tertiary/aromatic N) is 1. The van der Waals surface area contributed by atoms with Crippen LogP contribution in [0, 0.1) is 0 Å². The first-order chi connectivity index (χ1) is 10.2. The molecule has 21 heavy (non-hydrogen) atoms. The maximum atomic E-state index is 5.45. The van der Waals surface area contributed by atoms with Gasteiger partial charge in [0.15, 0.2) is 11.5 Å². The summed E-state index contributed by atoms with van der Waals surface area (Å²) in [5.41, 5.74) is 2.03. The van der Waals surface area contributed by atoms with E-state index in [-0.39, 0.29) is 6.79 Å². The Morgan fingerprint density at radius 3 is 3.00 bits per heavy atom. The molecule has 1 aliphatic rings. The molecule has 0 saturated carbocycles. The molecule has 1 aliphatic heterocycles. The Bertz CT molecular complexity index is 640. The number of hydrogen-bond acceptors (Lipinski definition) is 6. The first-order valence-electron chi connectivity index (χ1n) is 6.83. The van der Waals surface area contributed by atoms with E-state index in [2.05, 4.69) is 29.5 Å². The minimum Gasteiger partial charge on any atom is -0.493 e. The van der Waals surface area contributed by atoms with Crippen molar-refractivity contribution in [3.05, 3.63) is 23.2 Å². The van der Waals surface area contributed by atoms with Gasteiger partial charge >= 0.3 is 0 Å². The Morgan fingerprint density at radius 2 is 2.24 bits per heavy atom. The molecule has 1 aromatic carbocycles. The van der Waals surface area contributed by atoms with Crippen LogP contribution < -0.4 is 19.5 Å². The number of benzene rings is 1. The van der Waals surface area contributed by atoms with Crippen LogP contribution in [0.15, 0.2) is 17.5 Å². The van der Waals surface area contributed by atoms with Crippen LogP contribution in [-0.4, -0.2) is 24.9 Å². The summed E-state index contributed by atoms with van der Waals surface area (Å²) >= 11 is 1.62. The Hall–Kier alpha value is -1.79. The van der Waals surface area contributed by atoms with Crippen molar-refractivity contribution in [1.29, 1.82) is 0 Å². The molecule has 0 unspecified atom stereocenters. The third kappa shape index (κ3) is 2.96. The highest BCUT2D eigenvalue weighted by molar-refractivity contribution is 7.13. The van der Waals surface area contributed by atoms with Gasteiger partial charge in [0.2, 0.25) is 12.5 Å². The number of fused-ring (bicyclic) bond motifs is 1. The van der Waals surface area contributed by atoms with Gasteiger partial charge in [-0.1, -0.05) is 13.8 Å². The molecular formula is C15H18N2O3S. The molecule has 6 heteroatoms. The quantitative estimate of drug-likeness (QED) is 0.920. The van der Waals surface area contributed by atoms with Crippen LogP contribution in [0.1, 0.15) is 19.5 Å². The lowest BCUT2D eigenvalue weighted by molar-refractivity contribution is 0.171. The van der Waals surface area contributed by atoms with Crippen LogP contribution in [0.25, 0.3) is 10.6 Å². The van der Waals surface area contributed by atoms with Gasteiger partial charge in [0.05, 0.1) is 12.8 Å². The lowest BCUT2D eigenvalue weighted by atomic mass is 10.2. The second kappa shape index (κ2) is 5.91. The van der Waals surface area contributed by atoms with Crippen molar-refractivity contribution in [3.63, 3.8) is 0 Å². The predicted molar refractivity (Wildman–Crippen MR) is 82.2 cm³/mol. The van der Waals surface area contributed by atoms with Gasteiger partial charge in [-0.2, -0.15) is 0 Å². The molecule has 0 aliphatic carbocycles. The van der Waals surface area contributed by atoms with Crippen LogP contribution in [0.2, 0.25) is 0 Å². The number of thiazole rings is 1. The normalized spacial score (nSPS) is 13.0. The SMILES string of the molecule is COc1cc(-c2nc(CNC(C)C)cs2)cc2c1OCO2. The molecule has 0 radical (unpaired) electrons. The van der Waals surface area contributed by atoms with Crippen molar-refractivity contribution in [3.8, 4) is 27.8 Å². The molecule has 0 saturated heterocycles. The number of ether oxygens (including phenoxy) is 3. The molecule has 0 fully saturated rings. The lowest BCUT2D eigenvalue weighted by Crippen LogP contribution is -2.21. The van der Waals surface area contributed by atoms with Gasteiger partial charge in [-0.25, -0.2) is 4.98 Å². The van der Waals surface area contributed by atoms with E-state index < -0.39 is 0 Å². The summed E-state index contributed by atoms with van der Waals surface area (Å²) in [6.45, 7) is 5.25. The summed E-state index contributed by atoms with van der Waals surface area (Å²) in [4.78, 5) is 4.66. The molecule has 1 N–H and O–H groups in total. The van der Waals surface area contributed by atoms with Gasteiger partial charge in [-0.15, -0.1) is 11.3 Å². The number of methoxy groups -OCH3 is 1. The lowest BCUT2D eigenvalue weighted by Gasteiger charge is -2.07. The van der Waals surface area contributed by atoms with Gasteiger partial charge < -0.3 is 19.5 Å². The minimum absolute atomic E-state index is 0.233. The molecule has 3 rings (SSSR count). The van der Waals surface area contributed by atoms with Gasteiger partial charge in [0.1, 0.15) is 5.01 Å². The van der Waals surface area contributed by atoms with Crippen molar-refractivity contribution < 1.29 is 14.2 Å². The van der Waals surface area contributed by atoms with Crippen LogP contribution >= 0.6 is 11.3 Å². The predicted octanol–water partition coefficient (Wildman–Crippen LogP) is 3.05. The molecular weight excluding hydrogens is 288 g/mol. The van der Waals surface area contributed by atoms with Crippen molar-refractivity contribution >= 4 is 11.3 Å². The number of hydrogen-bond donors (Lipinski definition) is 1. The second-order valence-corrected chi connectivity index (χ2v) is 5.95. The maximum Gasteiger partial charge on any atom is 0.231 e. The maximum absolute atomic E-state index is 5.45. The largest absolute Gasteiger partial charge is 0.493 e. The van der Waals surface area contributed by atoms with Crippen LogP contribution in [0.5, 0.6) is 17.2 Å². The van der Waals surface area contributed by atoms with Crippen molar-refractivity contribution in [1.82, 2.24) is 10.3 Å². The Balaban J connectivity index is 1.87. The number of nitrogens with one attached hydrogen (secondary N) is 1. The molecule has 112 valence electrons. The summed E-state index contributed by atoms with van der Waals surface area (Å²) < 4.78 is 16.2. The third-order valence-electron chi connectivity index (χ3n) is 3.15. The van der Waals surface area contributed by atoms with Crippen molar-refractivity contribution in [2.75, 3.05) is 13.9 Å². The summed E-state index contributed by atoms with van der Waals surface area (Å²) in [6.07, 6.45) is 0. The zero-order valence-electron chi connectivity index (χ0n) is 12.3. The Morgan fingerprint density at radius 1 is 1.38 bits per heavy atom. The monoisotopic (exact) mass is 306 g/mol. The van der Waals surface area contributed by atoms with E-state index >= 15 is 0 Å². The van der Waals surface area contributed by atoms with Crippen molar-refractivity contribution in [2.45, 2.75) is 26.4 Å². The van der Waals surface area contributed by atoms with Gasteiger partial charge in [0, 0.05) is 23.5 Å². The summed E-state index contributed by atoms with van der Waals surface area (Å²) in [7, 11) is 1.63. The Labute approximate surface area is 127 Å². The van der Waals surface area contributed by atoms with E-state index in [4.69, 9.17) is 14.2 Å². The van der Waals surface area contributed by atoms with E-state index in [0.29, 0.717) is 23.3 Å². The van der Waals surface area contributed by atoms with E-state index in [1.54, 1.807) is 18.4 Å². The van der Waals surface area contributed by atoms with Crippen LogP contribution in [0.4, 0.5) is 0 Å². The highest BCUT2D eigenvalue weighted by atomic mass is 32.1. The topological polar surface area (TPSA) is 52.6 Å². The highest BCUT2D eigenvalue weighted by Crippen LogP contribution is 2.44. The molecule has 5 nitrogen and oxygen atoms in total. The Kier molecular flexibility index (Phi) is 3.98. The molecule has 0 spiro atoms. The summed E-state index contributed by atoms with van der Waals surface area (Å²) in [5.74, 6) is 2.05. The first kappa shape index (κ1) is 14.2. The van der Waals surface area contributed by atoms with E-state index in [0.717, 1.165) is 22.8 Å². The van der Waals surface area contributed by atoms with Gasteiger partial charge in [-0.05, 0) is 12.1 Å². The zero-order chi connectivity index (χ0) is 14.8. The third-order valence-corrected chi connectivity index (χ3v) is 4.09. The van der Waals surface area contributed by atoms with E-state index in [9.17, 15) is 0 Å². The van der Waals surface area contributed by atoms with Crippen LogP contribution in [0.3, 0.4) is 0 Å². The average Bonchev–Trinajstić information content (AvgIpc) is 3.12. The number of rotatable bonds is 5. The number of aromatic nitrogens is 1. The highest BCUT2D eigenvalue weighted by Gasteiger charge is 2.21. The fraction of sp³-hybridized carbons (Fsp3) is 0.400. The van der Waals surface area contributed by atoms with E-state index in [1.165, 1.54) is 0 Å². The first-order valence-corrected chi connectivity index (χ1v) is 7.71. The molecule has 1 aromatic heterocycles. The molecule has 0 atom stereocenters. The summed E-state index contributed by atoms with van der Waals surface area (Å²) in [6, 6.07) is 4.33. The fourth-order valence-electron chi connectivity index (χ4n) is 2.08. The molecule has 2 aromatic rings. The minimum atomic E-state index is 0.233. The molecule has 0 amide bonds. The second-order valence-electron chi connectivity index (χ2n) is 5.09. The van der Waals surface area contributed by atoms with Crippen molar-refractivity contribution in [2.24, 2.45) is 0 Å². The molecule has 2 heterocycles. The molecule has 0 bridgehead atoms. The smallest absolute Gasteiger partial charge is 0.231 e. The van der Waals surface area contributed by atoms with E-state index in [1.807, 2.05) is 12.1 Å². The average molecular weight is 306 g/mol. The summed E-state index contributed by atoms with van der Waals surface area (Å²) in [5, 5.41) is 6.39. The van der Waals surface area contributed by atoms with Crippen LogP contribution in [-0.2, 0) is 6.54 Å². The van der Waals surface area contributed by atoms with Gasteiger partial charge in [0.25, 0.3) is 0 Å².